The number of ether oxygens (including phenoxy) is 1. The first-order valence-electron chi connectivity index (χ1n) is 4.35. The molecule has 0 saturated heterocycles. The van der Waals surface area contributed by atoms with Crippen LogP contribution in [0.15, 0.2) is 24.3 Å². The topological polar surface area (TPSA) is 9.23 Å². The fourth-order valence-corrected chi connectivity index (χ4v) is 1.53. The highest BCUT2D eigenvalue weighted by molar-refractivity contribution is 9.09. The van der Waals surface area contributed by atoms with Gasteiger partial charge >= 0.3 is 6.36 Å². The number of rotatable bonds is 3. The summed E-state index contributed by atoms with van der Waals surface area (Å²) in [4.78, 5) is 0.298. The second-order valence-electron chi connectivity index (χ2n) is 3.18. The van der Waals surface area contributed by atoms with Gasteiger partial charge < -0.3 is 4.74 Å². The lowest BCUT2D eigenvalue weighted by molar-refractivity contribution is -0.274. The Balaban J connectivity index is 2.64. The van der Waals surface area contributed by atoms with Crippen molar-refractivity contribution in [3.63, 3.8) is 0 Å². The first kappa shape index (κ1) is 12.4. The molecule has 0 heterocycles. The van der Waals surface area contributed by atoms with Gasteiger partial charge in [0.05, 0.1) is 0 Å². The van der Waals surface area contributed by atoms with Gasteiger partial charge in [-0.1, -0.05) is 35.0 Å². The van der Waals surface area contributed by atoms with Crippen molar-refractivity contribution in [3.05, 3.63) is 29.8 Å². The summed E-state index contributed by atoms with van der Waals surface area (Å²) in [5, 5.41) is 0. The lowest BCUT2D eigenvalue weighted by Gasteiger charge is -2.09. The van der Waals surface area contributed by atoms with Gasteiger partial charge in [0.15, 0.2) is 0 Å². The highest BCUT2D eigenvalue weighted by atomic mass is 79.9. The van der Waals surface area contributed by atoms with Crippen LogP contribution in [0.5, 0.6) is 5.75 Å². The maximum absolute atomic E-state index is 11.8. The van der Waals surface area contributed by atoms with Crippen molar-refractivity contribution < 1.29 is 17.9 Å². The van der Waals surface area contributed by atoms with E-state index >= 15 is 0 Å². The lowest BCUT2D eigenvalue weighted by atomic mass is 10.1. The zero-order valence-electron chi connectivity index (χ0n) is 8.01. The van der Waals surface area contributed by atoms with Crippen molar-refractivity contribution in [2.24, 2.45) is 0 Å². The Morgan fingerprint density at radius 2 is 1.80 bits per heavy atom. The van der Waals surface area contributed by atoms with Gasteiger partial charge in [-0.05, 0) is 24.1 Å². The van der Waals surface area contributed by atoms with Crippen LogP contribution in [0.4, 0.5) is 13.2 Å². The van der Waals surface area contributed by atoms with Gasteiger partial charge in [-0.15, -0.1) is 13.2 Å². The van der Waals surface area contributed by atoms with Gasteiger partial charge in [-0.3, -0.25) is 0 Å². The lowest BCUT2D eigenvalue weighted by Crippen LogP contribution is -2.17. The second-order valence-corrected chi connectivity index (χ2v) is 4.74. The van der Waals surface area contributed by atoms with Crippen LogP contribution in [0.3, 0.4) is 0 Å². The van der Waals surface area contributed by atoms with Crippen molar-refractivity contribution in [2.75, 3.05) is 0 Å². The molecule has 0 fully saturated rings. The molecular formula is C10H10BrF3O. The third-order valence-corrected chi connectivity index (χ3v) is 2.00. The molecule has 1 atom stereocenters. The molecule has 15 heavy (non-hydrogen) atoms. The number of halogens is 4. The fourth-order valence-electron chi connectivity index (χ4n) is 1.15. The highest BCUT2D eigenvalue weighted by Gasteiger charge is 2.30. The van der Waals surface area contributed by atoms with E-state index in [-0.39, 0.29) is 5.75 Å². The molecule has 1 unspecified atom stereocenters. The third-order valence-electron chi connectivity index (χ3n) is 1.67. The van der Waals surface area contributed by atoms with Crippen LogP contribution in [0.2, 0.25) is 0 Å². The Hall–Kier alpha value is -0.710. The second kappa shape index (κ2) is 4.88. The quantitative estimate of drug-likeness (QED) is 0.764. The van der Waals surface area contributed by atoms with E-state index in [9.17, 15) is 13.2 Å². The molecule has 0 aromatic heterocycles. The summed E-state index contributed by atoms with van der Waals surface area (Å²) >= 11 is 3.37. The van der Waals surface area contributed by atoms with Crippen LogP contribution in [0.25, 0.3) is 0 Å². The van der Waals surface area contributed by atoms with E-state index in [0.717, 1.165) is 12.0 Å². The Labute approximate surface area is 94.4 Å². The molecule has 0 aliphatic rings. The Bertz CT molecular complexity index is 305. The van der Waals surface area contributed by atoms with Crippen molar-refractivity contribution in [1.82, 2.24) is 0 Å². The van der Waals surface area contributed by atoms with Gasteiger partial charge in [-0.2, -0.15) is 0 Å². The van der Waals surface area contributed by atoms with Crippen LogP contribution < -0.4 is 4.74 Å². The van der Waals surface area contributed by atoms with E-state index in [1.54, 1.807) is 12.1 Å². The zero-order valence-corrected chi connectivity index (χ0v) is 9.60. The van der Waals surface area contributed by atoms with E-state index in [2.05, 4.69) is 20.7 Å². The maximum Gasteiger partial charge on any atom is 0.573 e. The molecule has 0 saturated carbocycles. The summed E-state index contributed by atoms with van der Waals surface area (Å²) in [5.74, 6) is -0.187. The molecule has 0 N–H and O–H groups in total. The number of benzene rings is 1. The summed E-state index contributed by atoms with van der Waals surface area (Å²) in [6.45, 7) is 1.97. The van der Waals surface area contributed by atoms with E-state index < -0.39 is 6.36 Å². The minimum Gasteiger partial charge on any atom is -0.406 e. The molecule has 0 bridgehead atoms. The van der Waals surface area contributed by atoms with Crippen molar-refractivity contribution in [2.45, 2.75) is 24.5 Å². The van der Waals surface area contributed by atoms with Crippen LogP contribution in [0, 0.1) is 0 Å². The van der Waals surface area contributed by atoms with E-state index in [1.165, 1.54) is 12.1 Å². The SMILES string of the molecule is CC(Br)Cc1ccc(OC(F)(F)F)cc1. The number of alkyl halides is 4. The molecule has 1 nitrogen and oxygen atoms in total. The zero-order chi connectivity index (χ0) is 11.5. The molecule has 1 aromatic carbocycles. The molecular weight excluding hydrogens is 273 g/mol. The summed E-state index contributed by atoms with van der Waals surface area (Å²) in [6, 6.07) is 5.88. The average Bonchev–Trinajstić information content (AvgIpc) is 2.05. The molecule has 84 valence electrons. The number of hydrogen-bond donors (Lipinski definition) is 0. The van der Waals surface area contributed by atoms with Gasteiger partial charge in [0.25, 0.3) is 0 Å². The molecule has 0 radical (unpaired) electrons. The summed E-state index contributed by atoms with van der Waals surface area (Å²) in [5.41, 5.74) is 0.967. The first-order valence-corrected chi connectivity index (χ1v) is 5.27. The van der Waals surface area contributed by atoms with Crippen molar-refractivity contribution >= 4 is 15.9 Å². The minimum absolute atomic E-state index is 0.187. The van der Waals surface area contributed by atoms with Gasteiger partial charge in [0.2, 0.25) is 0 Å². The molecule has 1 rings (SSSR count). The van der Waals surface area contributed by atoms with Gasteiger partial charge in [0.1, 0.15) is 5.75 Å². The van der Waals surface area contributed by atoms with Gasteiger partial charge in [0, 0.05) is 4.83 Å². The Morgan fingerprint density at radius 1 is 1.27 bits per heavy atom. The normalized spacial score (nSPS) is 13.7. The Morgan fingerprint density at radius 3 is 2.20 bits per heavy atom. The molecule has 0 spiro atoms. The van der Waals surface area contributed by atoms with E-state index in [1.807, 2.05) is 6.92 Å². The predicted molar refractivity (Wildman–Crippen MR) is 55.2 cm³/mol. The molecule has 0 amide bonds. The van der Waals surface area contributed by atoms with Crippen molar-refractivity contribution in [3.8, 4) is 5.75 Å². The highest BCUT2D eigenvalue weighted by Crippen LogP contribution is 2.23. The maximum atomic E-state index is 11.8. The fraction of sp³-hybridized carbons (Fsp3) is 0.400. The molecule has 0 aliphatic carbocycles. The predicted octanol–water partition coefficient (Wildman–Crippen LogP) is 3.91. The monoisotopic (exact) mass is 282 g/mol. The number of hydrogen-bond acceptors (Lipinski definition) is 1. The molecule has 5 heteroatoms. The molecule has 1 aromatic rings. The minimum atomic E-state index is -4.62. The van der Waals surface area contributed by atoms with Crippen LogP contribution in [0.1, 0.15) is 12.5 Å². The average molecular weight is 283 g/mol. The van der Waals surface area contributed by atoms with Gasteiger partial charge in [-0.25, -0.2) is 0 Å². The van der Waals surface area contributed by atoms with Crippen LogP contribution in [-0.4, -0.2) is 11.2 Å². The van der Waals surface area contributed by atoms with E-state index in [4.69, 9.17) is 0 Å². The summed E-state index contributed by atoms with van der Waals surface area (Å²) in [7, 11) is 0. The van der Waals surface area contributed by atoms with E-state index in [0.29, 0.717) is 4.83 Å². The summed E-state index contributed by atoms with van der Waals surface area (Å²) in [6.07, 6.45) is -3.85. The Kier molecular flexibility index (Phi) is 4.02. The summed E-state index contributed by atoms with van der Waals surface area (Å²) < 4.78 is 39.2. The van der Waals surface area contributed by atoms with Crippen molar-refractivity contribution in [1.29, 1.82) is 0 Å². The largest absolute Gasteiger partial charge is 0.573 e. The standard InChI is InChI=1S/C10H10BrF3O/c1-7(11)6-8-2-4-9(5-3-8)15-10(12,13)14/h2-5,7H,6H2,1H3. The van der Waals surface area contributed by atoms with Crippen LogP contribution >= 0.6 is 15.9 Å². The van der Waals surface area contributed by atoms with Crippen LogP contribution in [-0.2, 0) is 6.42 Å². The first-order chi connectivity index (χ1) is 6.87. The third kappa shape index (κ3) is 5.06. The molecule has 0 aliphatic heterocycles. The smallest absolute Gasteiger partial charge is 0.406 e.